The van der Waals surface area contributed by atoms with Crippen molar-refractivity contribution in [3.63, 3.8) is 0 Å². The molecule has 0 radical (unpaired) electrons. The summed E-state index contributed by atoms with van der Waals surface area (Å²) in [6.45, 7) is 7.55. The molecule has 0 spiro atoms. The number of amides is 1. The van der Waals surface area contributed by atoms with Crippen LogP contribution in [0, 0.1) is 0 Å². The van der Waals surface area contributed by atoms with Gasteiger partial charge in [0.25, 0.3) is 0 Å². The summed E-state index contributed by atoms with van der Waals surface area (Å²) in [4.78, 5) is 19.0. The van der Waals surface area contributed by atoms with Crippen molar-refractivity contribution in [1.82, 2.24) is 9.88 Å². The fraction of sp³-hybridized carbons (Fsp3) is 0.333. The van der Waals surface area contributed by atoms with Crippen molar-refractivity contribution in [2.45, 2.75) is 27.0 Å². The van der Waals surface area contributed by atoms with Gasteiger partial charge in [0.1, 0.15) is 11.6 Å². The van der Waals surface area contributed by atoms with E-state index in [0.29, 0.717) is 6.61 Å². The number of carbonyl (C=O) groups excluding carboxylic acids is 1. The van der Waals surface area contributed by atoms with Gasteiger partial charge in [-0.1, -0.05) is 38.1 Å². The van der Waals surface area contributed by atoms with Gasteiger partial charge in [0.2, 0.25) is 5.91 Å². The second-order valence-electron chi connectivity index (χ2n) is 6.28. The number of carbonyl (C=O) groups is 1. The first-order valence-electron chi connectivity index (χ1n) is 9.21. The van der Waals surface area contributed by atoms with Crippen LogP contribution in [0.1, 0.15) is 24.4 Å². The number of anilines is 1. The topological polar surface area (TPSA) is 54.5 Å². The number of hydrogen-bond donors (Lipinski definition) is 1. The predicted octanol–water partition coefficient (Wildman–Crippen LogP) is 4.29. The van der Waals surface area contributed by atoms with Crippen LogP contribution in [0.5, 0.6) is 0 Å². The van der Waals surface area contributed by atoms with Gasteiger partial charge in [-0.05, 0) is 42.9 Å². The Balaban J connectivity index is 1.48. The van der Waals surface area contributed by atoms with Crippen molar-refractivity contribution in [3.8, 4) is 0 Å². The second kappa shape index (κ2) is 9.60. The molecule has 0 atom stereocenters. The molecule has 0 saturated carbocycles. The number of aromatic nitrogens is 1. The van der Waals surface area contributed by atoms with Crippen molar-refractivity contribution in [2.75, 3.05) is 25.0 Å². The molecular formula is C21H25N3O2S. The van der Waals surface area contributed by atoms with Gasteiger partial charge in [0, 0.05) is 12.2 Å². The summed E-state index contributed by atoms with van der Waals surface area (Å²) in [7, 11) is 0. The van der Waals surface area contributed by atoms with E-state index < -0.39 is 0 Å². The second-order valence-corrected chi connectivity index (χ2v) is 7.39. The average molecular weight is 384 g/mol. The molecule has 0 bridgehead atoms. The third-order valence-electron chi connectivity index (χ3n) is 4.31. The van der Waals surface area contributed by atoms with Gasteiger partial charge in [0.05, 0.1) is 16.8 Å². The Kier molecular flexibility index (Phi) is 6.92. The van der Waals surface area contributed by atoms with Crippen LogP contribution in [0.4, 0.5) is 5.69 Å². The summed E-state index contributed by atoms with van der Waals surface area (Å²) in [6.07, 6.45) is 0. The lowest BCUT2D eigenvalue weighted by Gasteiger charge is -2.18. The summed E-state index contributed by atoms with van der Waals surface area (Å²) in [5.74, 6) is -0.156. The van der Waals surface area contributed by atoms with Crippen LogP contribution in [0.3, 0.4) is 0 Å². The molecule has 0 aliphatic carbocycles. The predicted molar refractivity (Wildman–Crippen MR) is 111 cm³/mol. The molecule has 0 aliphatic rings. The van der Waals surface area contributed by atoms with Crippen LogP contribution in [0.15, 0.2) is 48.5 Å². The van der Waals surface area contributed by atoms with Gasteiger partial charge >= 0.3 is 0 Å². The van der Waals surface area contributed by atoms with Crippen LogP contribution in [-0.4, -0.2) is 35.5 Å². The highest BCUT2D eigenvalue weighted by atomic mass is 32.1. The number of fused-ring (bicyclic) bond motifs is 1. The van der Waals surface area contributed by atoms with Crippen LogP contribution in [0.25, 0.3) is 10.2 Å². The van der Waals surface area contributed by atoms with Crippen LogP contribution < -0.4 is 5.32 Å². The normalized spacial score (nSPS) is 11.2. The summed E-state index contributed by atoms with van der Waals surface area (Å²) in [5, 5.41) is 3.78. The molecule has 0 aliphatic heterocycles. The molecule has 0 unspecified atom stereocenters. The Morgan fingerprint density at radius 1 is 1.15 bits per heavy atom. The van der Waals surface area contributed by atoms with Gasteiger partial charge < -0.3 is 10.1 Å². The van der Waals surface area contributed by atoms with Crippen LogP contribution in [-0.2, 0) is 22.7 Å². The number of para-hydroxylation sites is 1. The van der Waals surface area contributed by atoms with Gasteiger partial charge in [-0.3, -0.25) is 9.69 Å². The highest BCUT2D eigenvalue weighted by Crippen LogP contribution is 2.22. The first kappa shape index (κ1) is 19.5. The van der Waals surface area contributed by atoms with E-state index in [-0.39, 0.29) is 12.5 Å². The molecule has 0 saturated heterocycles. The zero-order valence-electron chi connectivity index (χ0n) is 15.8. The number of nitrogens with zero attached hydrogens (tertiary/aromatic N) is 2. The molecule has 1 aromatic heterocycles. The molecule has 3 rings (SSSR count). The lowest BCUT2D eigenvalue weighted by atomic mass is 10.2. The summed E-state index contributed by atoms with van der Waals surface area (Å²) < 4.78 is 6.67. The quantitative estimate of drug-likeness (QED) is 0.599. The van der Waals surface area contributed by atoms with Gasteiger partial charge in [-0.2, -0.15) is 0 Å². The highest BCUT2D eigenvalue weighted by molar-refractivity contribution is 7.18. The number of hydrogen-bond acceptors (Lipinski definition) is 5. The highest BCUT2D eigenvalue weighted by Gasteiger charge is 2.07. The van der Waals surface area contributed by atoms with Gasteiger partial charge in [-0.15, -0.1) is 11.3 Å². The van der Waals surface area contributed by atoms with E-state index in [9.17, 15) is 4.79 Å². The smallest absolute Gasteiger partial charge is 0.250 e. The van der Waals surface area contributed by atoms with E-state index in [1.807, 2.05) is 42.5 Å². The Bertz CT molecular complexity index is 857. The molecule has 1 N–H and O–H groups in total. The van der Waals surface area contributed by atoms with Gasteiger partial charge in [-0.25, -0.2) is 4.98 Å². The molecule has 2 aromatic carbocycles. The maximum atomic E-state index is 12.2. The van der Waals surface area contributed by atoms with E-state index in [4.69, 9.17) is 4.74 Å². The van der Waals surface area contributed by atoms with Crippen molar-refractivity contribution < 1.29 is 9.53 Å². The largest absolute Gasteiger partial charge is 0.364 e. The molecule has 3 aromatic rings. The fourth-order valence-corrected chi connectivity index (χ4v) is 3.77. The first-order chi connectivity index (χ1) is 13.2. The monoisotopic (exact) mass is 383 g/mol. The maximum Gasteiger partial charge on any atom is 0.250 e. The number of rotatable bonds is 9. The molecule has 27 heavy (non-hydrogen) atoms. The number of nitrogens with one attached hydrogen (secondary N) is 1. The minimum Gasteiger partial charge on any atom is -0.364 e. The lowest BCUT2D eigenvalue weighted by molar-refractivity contribution is -0.121. The zero-order chi connectivity index (χ0) is 19.1. The first-order valence-corrected chi connectivity index (χ1v) is 10.0. The van der Waals surface area contributed by atoms with Crippen LogP contribution >= 0.6 is 11.3 Å². The average Bonchev–Trinajstić information content (AvgIpc) is 3.09. The standard InChI is InChI=1S/C21H25N3O2S/c1-3-24(4-2)13-16-8-7-9-17(12-16)22-20(25)14-26-15-21-23-18-10-5-6-11-19(18)27-21/h5-12H,3-4,13-15H2,1-2H3,(H,22,25). The Hall–Kier alpha value is -2.28. The molecule has 1 heterocycles. The van der Waals surface area contributed by atoms with Crippen molar-refractivity contribution in [2.24, 2.45) is 0 Å². The van der Waals surface area contributed by atoms with E-state index in [2.05, 4.69) is 35.1 Å². The van der Waals surface area contributed by atoms with E-state index >= 15 is 0 Å². The minimum absolute atomic E-state index is 0.0101. The van der Waals surface area contributed by atoms with E-state index in [1.54, 1.807) is 11.3 Å². The Labute approximate surface area is 164 Å². The molecule has 142 valence electrons. The Morgan fingerprint density at radius 3 is 2.74 bits per heavy atom. The third kappa shape index (κ3) is 5.60. The lowest BCUT2D eigenvalue weighted by Crippen LogP contribution is -2.22. The van der Waals surface area contributed by atoms with Crippen LogP contribution in [0.2, 0.25) is 0 Å². The number of ether oxygens (including phenoxy) is 1. The van der Waals surface area contributed by atoms with E-state index in [1.165, 1.54) is 5.56 Å². The molecule has 5 nitrogen and oxygen atoms in total. The zero-order valence-corrected chi connectivity index (χ0v) is 16.6. The molecule has 1 amide bonds. The molecular weight excluding hydrogens is 358 g/mol. The summed E-state index contributed by atoms with van der Waals surface area (Å²) >= 11 is 1.59. The number of benzene rings is 2. The number of thiazole rings is 1. The van der Waals surface area contributed by atoms with Crippen molar-refractivity contribution in [1.29, 1.82) is 0 Å². The summed E-state index contributed by atoms with van der Waals surface area (Å²) in [5.41, 5.74) is 2.95. The minimum atomic E-state index is -0.156. The maximum absolute atomic E-state index is 12.2. The third-order valence-corrected chi connectivity index (χ3v) is 5.32. The van der Waals surface area contributed by atoms with Gasteiger partial charge in [0.15, 0.2) is 0 Å². The Morgan fingerprint density at radius 2 is 1.96 bits per heavy atom. The van der Waals surface area contributed by atoms with Crippen molar-refractivity contribution in [3.05, 3.63) is 59.1 Å². The van der Waals surface area contributed by atoms with Crippen molar-refractivity contribution >= 4 is 33.1 Å². The van der Waals surface area contributed by atoms with E-state index in [0.717, 1.165) is 40.5 Å². The SMILES string of the molecule is CCN(CC)Cc1cccc(NC(=O)COCc2nc3ccccc3s2)c1. The molecule has 6 heteroatoms. The summed E-state index contributed by atoms with van der Waals surface area (Å²) in [6, 6.07) is 15.9. The molecule has 0 fully saturated rings. The fourth-order valence-electron chi connectivity index (χ4n) is 2.86.